The maximum Gasteiger partial charge on any atom is 0.331 e. The Balaban J connectivity index is 1.54. The molecule has 1 aromatic heterocycles. The minimum Gasteiger partial charge on any atom is -0.478 e. The van der Waals surface area contributed by atoms with Crippen molar-refractivity contribution in [3.05, 3.63) is 74.7 Å². The summed E-state index contributed by atoms with van der Waals surface area (Å²) in [5.41, 5.74) is 3.45. The third-order valence-corrected chi connectivity index (χ3v) is 8.04. The lowest BCUT2D eigenvalue weighted by atomic mass is 9.83. The SMILES string of the molecule is COC(CCc1cccc2c1CCc1sc(NC(=O)c3cc(F)c(C=C(C)C(=O)O)c(F)c3)nc1-2)C(C)(C)C. The Hall–Kier alpha value is -3.43. The lowest BCUT2D eigenvalue weighted by Gasteiger charge is -2.30. The molecule has 0 bridgehead atoms. The van der Waals surface area contributed by atoms with Gasteiger partial charge in [-0.15, -0.1) is 11.3 Å². The van der Waals surface area contributed by atoms with E-state index in [9.17, 15) is 18.4 Å². The zero-order valence-electron chi connectivity index (χ0n) is 22.7. The molecule has 0 saturated heterocycles. The predicted octanol–water partition coefficient (Wildman–Crippen LogP) is 6.92. The number of amides is 1. The number of carbonyl (C=O) groups excluding carboxylic acids is 1. The standard InChI is InChI=1S/C30H32F2N2O4S/c1-16(28(36)37)13-21-22(31)14-18(15-23(21)32)27(35)34-29-33-26-20-8-6-7-17(19(20)10-11-24(26)39-29)9-12-25(38-5)30(2,3)4/h6-8,13-15,25H,9-12H2,1-5H3,(H,36,37)(H,33,34,35). The van der Waals surface area contributed by atoms with Gasteiger partial charge in [-0.3, -0.25) is 10.1 Å². The molecule has 206 valence electrons. The molecular formula is C30H32F2N2O4S. The normalized spacial score (nSPS) is 14.0. The van der Waals surface area contributed by atoms with Crippen molar-refractivity contribution in [1.82, 2.24) is 4.98 Å². The van der Waals surface area contributed by atoms with Gasteiger partial charge in [0, 0.05) is 34.3 Å². The average molecular weight is 555 g/mol. The fourth-order valence-electron chi connectivity index (χ4n) is 4.90. The number of aromatic nitrogens is 1. The van der Waals surface area contributed by atoms with E-state index in [-0.39, 0.29) is 22.7 Å². The fraction of sp³-hybridized carbons (Fsp3) is 0.367. The molecular weight excluding hydrogens is 522 g/mol. The van der Waals surface area contributed by atoms with Crippen LogP contribution in [-0.2, 0) is 28.8 Å². The van der Waals surface area contributed by atoms with E-state index in [2.05, 4.69) is 37.1 Å². The van der Waals surface area contributed by atoms with E-state index in [1.807, 2.05) is 12.1 Å². The number of hydrogen-bond donors (Lipinski definition) is 2. The number of ether oxygens (including phenoxy) is 1. The summed E-state index contributed by atoms with van der Waals surface area (Å²) in [7, 11) is 1.75. The van der Waals surface area contributed by atoms with Gasteiger partial charge in [-0.25, -0.2) is 18.6 Å². The molecule has 0 aliphatic heterocycles. The van der Waals surface area contributed by atoms with Crippen LogP contribution in [0.2, 0.25) is 0 Å². The summed E-state index contributed by atoms with van der Waals surface area (Å²) in [6.45, 7) is 7.75. The van der Waals surface area contributed by atoms with Crippen molar-refractivity contribution in [1.29, 1.82) is 0 Å². The van der Waals surface area contributed by atoms with Crippen molar-refractivity contribution in [2.75, 3.05) is 12.4 Å². The molecule has 9 heteroatoms. The quantitative estimate of drug-likeness (QED) is 0.295. The lowest BCUT2D eigenvalue weighted by Crippen LogP contribution is -2.28. The highest BCUT2D eigenvalue weighted by molar-refractivity contribution is 7.16. The summed E-state index contributed by atoms with van der Waals surface area (Å²) in [5, 5.41) is 12.0. The Morgan fingerprint density at radius 1 is 1.21 bits per heavy atom. The number of methoxy groups -OCH3 is 1. The van der Waals surface area contributed by atoms with E-state index in [1.54, 1.807) is 7.11 Å². The second-order valence-corrected chi connectivity index (χ2v) is 11.9. The molecule has 2 aromatic carbocycles. The van der Waals surface area contributed by atoms with Crippen LogP contribution in [0.5, 0.6) is 0 Å². The molecule has 2 N–H and O–H groups in total. The van der Waals surface area contributed by atoms with Gasteiger partial charge in [0.15, 0.2) is 5.13 Å². The number of carbonyl (C=O) groups is 2. The van der Waals surface area contributed by atoms with Crippen LogP contribution in [0.25, 0.3) is 17.3 Å². The topological polar surface area (TPSA) is 88.5 Å². The molecule has 3 aromatic rings. The van der Waals surface area contributed by atoms with E-state index in [0.29, 0.717) is 5.13 Å². The number of aryl methyl sites for hydroxylation is 2. The van der Waals surface area contributed by atoms with Gasteiger partial charge >= 0.3 is 5.97 Å². The molecule has 0 spiro atoms. The molecule has 6 nitrogen and oxygen atoms in total. The molecule has 1 atom stereocenters. The number of nitrogens with zero attached hydrogens (tertiary/aromatic N) is 1. The summed E-state index contributed by atoms with van der Waals surface area (Å²) < 4.78 is 34.8. The van der Waals surface area contributed by atoms with E-state index in [1.165, 1.54) is 29.4 Å². The number of anilines is 1. The van der Waals surface area contributed by atoms with Crippen molar-refractivity contribution < 1.29 is 28.2 Å². The zero-order chi connectivity index (χ0) is 28.5. The molecule has 0 saturated carbocycles. The molecule has 1 heterocycles. The first-order valence-corrected chi connectivity index (χ1v) is 13.6. The summed E-state index contributed by atoms with van der Waals surface area (Å²) in [5.74, 6) is -4.04. The van der Waals surface area contributed by atoms with E-state index < -0.39 is 29.1 Å². The van der Waals surface area contributed by atoms with Crippen LogP contribution in [0, 0.1) is 17.0 Å². The maximum atomic E-state index is 14.5. The highest BCUT2D eigenvalue weighted by Gasteiger charge is 2.27. The molecule has 4 rings (SSSR count). The molecule has 0 fully saturated rings. The number of carboxylic acid groups (broad SMARTS) is 1. The van der Waals surface area contributed by atoms with Gasteiger partial charge in [0.05, 0.1) is 11.8 Å². The number of rotatable bonds is 8. The molecule has 0 radical (unpaired) electrons. The van der Waals surface area contributed by atoms with Crippen LogP contribution in [0.3, 0.4) is 0 Å². The molecule has 39 heavy (non-hydrogen) atoms. The highest BCUT2D eigenvalue weighted by atomic mass is 32.1. The van der Waals surface area contributed by atoms with Crippen molar-refractivity contribution in [2.24, 2.45) is 5.41 Å². The molecule has 1 amide bonds. The van der Waals surface area contributed by atoms with Gasteiger partial charge in [0.2, 0.25) is 0 Å². The second kappa shape index (κ2) is 11.4. The van der Waals surface area contributed by atoms with Crippen LogP contribution in [-0.4, -0.2) is 35.2 Å². The van der Waals surface area contributed by atoms with Crippen LogP contribution >= 0.6 is 11.3 Å². The highest BCUT2D eigenvalue weighted by Crippen LogP contribution is 2.40. The number of halogens is 2. The van der Waals surface area contributed by atoms with Gasteiger partial charge < -0.3 is 9.84 Å². The Kier molecular flexibility index (Phi) is 8.32. The maximum absolute atomic E-state index is 14.5. The minimum atomic E-state index is -1.29. The number of fused-ring (bicyclic) bond motifs is 3. The minimum absolute atomic E-state index is 0.0407. The van der Waals surface area contributed by atoms with Gasteiger partial charge in [-0.05, 0) is 67.4 Å². The lowest BCUT2D eigenvalue weighted by molar-refractivity contribution is -0.132. The number of aliphatic carboxylic acids is 1. The Bertz CT molecular complexity index is 1430. The number of carboxylic acids is 1. The molecule has 1 unspecified atom stereocenters. The molecule has 1 aliphatic carbocycles. The monoisotopic (exact) mass is 554 g/mol. The van der Waals surface area contributed by atoms with Crippen molar-refractivity contribution in [3.8, 4) is 11.3 Å². The average Bonchev–Trinajstić information content (AvgIpc) is 3.28. The first kappa shape index (κ1) is 28.6. The van der Waals surface area contributed by atoms with E-state index >= 15 is 0 Å². The third kappa shape index (κ3) is 6.25. The fourth-order valence-corrected chi connectivity index (χ4v) is 5.87. The summed E-state index contributed by atoms with van der Waals surface area (Å²) in [6, 6.07) is 7.98. The number of nitrogens with one attached hydrogen (secondary N) is 1. The van der Waals surface area contributed by atoms with Crippen molar-refractivity contribution in [3.63, 3.8) is 0 Å². The van der Waals surface area contributed by atoms with Crippen molar-refractivity contribution >= 4 is 34.4 Å². The van der Waals surface area contributed by atoms with Gasteiger partial charge in [0.25, 0.3) is 5.91 Å². The largest absolute Gasteiger partial charge is 0.478 e. The van der Waals surface area contributed by atoms with Gasteiger partial charge in [-0.2, -0.15) is 0 Å². The van der Waals surface area contributed by atoms with Crippen LogP contribution in [0.1, 0.15) is 66.0 Å². The summed E-state index contributed by atoms with van der Waals surface area (Å²) >= 11 is 1.35. The van der Waals surface area contributed by atoms with Gasteiger partial charge in [0.1, 0.15) is 11.6 Å². The first-order chi connectivity index (χ1) is 18.4. The van der Waals surface area contributed by atoms with Crippen LogP contribution in [0.15, 0.2) is 35.9 Å². The van der Waals surface area contributed by atoms with E-state index in [4.69, 9.17) is 9.84 Å². The number of hydrogen-bond acceptors (Lipinski definition) is 5. The van der Waals surface area contributed by atoms with Crippen LogP contribution in [0.4, 0.5) is 13.9 Å². The van der Waals surface area contributed by atoms with Crippen LogP contribution < -0.4 is 5.32 Å². The number of thiazole rings is 1. The smallest absolute Gasteiger partial charge is 0.331 e. The van der Waals surface area contributed by atoms with Crippen molar-refractivity contribution in [2.45, 2.75) is 59.5 Å². The van der Waals surface area contributed by atoms with E-state index in [0.717, 1.165) is 60.0 Å². The Morgan fingerprint density at radius 3 is 2.51 bits per heavy atom. The first-order valence-electron chi connectivity index (χ1n) is 12.7. The molecule has 1 aliphatic rings. The van der Waals surface area contributed by atoms with Gasteiger partial charge in [-0.1, -0.05) is 39.0 Å². The third-order valence-electron chi connectivity index (χ3n) is 7.01. The Labute approximate surface area is 230 Å². The Morgan fingerprint density at radius 2 is 1.90 bits per heavy atom. The summed E-state index contributed by atoms with van der Waals surface area (Å²) in [4.78, 5) is 29.5. The zero-order valence-corrected chi connectivity index (χ0v) is 23.5. The second-order valence-electron chi connectivity index (χ2n) is 10.8. The summed E-state index contributed by atoms with van der Waals surface area (Å²) in [6.07, 6.45) is 4.47. The number of benzene rings is 2. The predicted molar refractivity (Wildman–Crippen MR) is 149 cm³/mol.